The number of hydrogen-bond donors (Lipinski definition) is 0. The molecule has 0 aliphatic carbocycles. The average Bonchev–Trinajstić information content (AvgIpc) is 2.89. The van der Waals surface area contributed by atoms with Crippen LogP contribution in [0.4, 0.5) is 4.79 Å². The maximum atomic E-state index is 12.8. The highest BCUT2D eigenvalue weighted by atomic mass is 28.3. The molecule has 0 bridgehead atoms. The fraction of sp³-hybridized carbons (Fsp3) is 0.579. The van der Waals surface area contributed by atoms with Gasteiger partial charge < -0.3 is 9.16 Å². The quantitative estimate of drug-likeness (QED) is 0.753. The van der Waals surface area contributed by atoms with Gasteiger partial charge in [-0.2, -0.15) is 0 Å². The molecule has 0 saturated carbocycles. The molecule has 2 rings (SSSR count). The van der Waals surface area contributed by atoms with Crippen molar-refractivity contribution in [3.8, 4) is 0 Å². The summed E-state index contributed by atoms with van der Waals surface area (Å²) < 4.78 is 11.5. The van der Waals surface area contributed by atoms with Crippen molar-refractivity contribution in [3.05, 3.63) is 35.9 Å². The zero-order valence-electron chi connectivity index (χ0n) is 15.9. The summed E-state index contributed by atoms with van der Waals surface area (Å²) in [5, 5.41) is 0. The molecule has 1 aromatic carbocycles. The number of rotatable bonds is 5. The van der Waals surface area contributed by atoms with E-state index in [2.05, 4.69) is 13.1 Å². The Kier molecular flexibility index (Phi) is 6.06. The zero-order chi connectivity index (χ0) is 18.7. The van der Waals surface area contributed by atoms with E-state index in [4.69, 9.17) is 9.16 Å². The van der Waals surface area contributed by atoms with E-state index in [1.807, 2.05) is 51.1 Å². The molecule has 1 amide bonds. The summed E-state index contributed by atoms with van der Waals surface area (Å²) in [7, 11) is -1.28. The molecule has 1 aromatic rings. The summed E-state index contributed by atoms with van der Waals surface area (Å²) in [5.41, 5.74) is -0.0304. The van der Waals surface area contributed by atoms with Crippen LogP contribution in [0.1, 0.15) is 32.8 Å². The molecule has 1 aliphatic rings. The first kappa shape index (κ1) is 19.7. The molecule has 6 heteroatoms. The highest BCUT2D eigenvalue weighted by molar-refractivity contribution is 6.48. The number of amides is 1. The second-order valence-electron chi connectivity index (χ2n) is 7.98. The molecule has 0 N–H and O–H groups in total. The summed E-state index contributed by atoms with van der Waals surface area (Å²) in [6, 6.07) is 9.55. The molecule has 1 saturated heterocycles. The Hall–Kier alpha value is -1.66. The Labute approximate surface area is 152 Å². The molecule has 0 radical (unpaired) electrons. The van der Waals surface area contributed by atoms with E-state index in [0.29, 0.717) is 13.0 Å². The van der Waals surface area contributed by atoms with Gasteiger partial charge in [-0.3, -0.25) is 9.69 Å². The molecular weight excluding hydrogens is 334 g/mol. The van der Waals surface area contributed by atoms with Crippen molar-refractivity contribution in [1.82, 2.24) is 4.90 Å². The van der Waals surface area contributed by atoms with E-state index < -0.39 is 20.7 Å². The van der Waals surface area contributed by atoms with Gasteiger partial charge in [0.05, 0.1) is 18.7 Å². The van der Waals surface area contributed by atoms with Gasteiger partial charge in [0, 0.05) is 6.42 Å². The number of ketones is 1. The predicted octanol–water partition coefficient (Wildman–Crippen LogP) is 3.38. The second-order valence-corrected chi connectivity index (χ2v) is 10.4. The van der Waals surface area contributed by atoms with Crippen molar-refractivity contribution < 1.29 is 18.8 Å². The third-order valence-corrected chi connectivity index (χ3v) is 5.65. The predicted molar refractivity (Wildman–Crippen MR) is 100.0 cm³/mol. The van der Waals surface area contributed by atoms with Gasteiger partial charge >= 0.3 is 6.09 Å². The van der Waals surface area contributed by atoms with Gasteiger partial charge in [-0.1, -0.05) is 51.1 Å². The molecule has 1 atom stereocenters. The molecule has 25 heavy (non-hydrogen) atoms. The topological polar surface area (TPSA) is 55.8 Å². The van der Waals surface area contributed by atoms with Gasteiger partial charge in [0.1, 0.15) is 6.61 Å². The molecule has 1 heterocycles. The minimum Gasteiger partial charge on any atom is -0.445 e. The van der Waals surface area contributed by atoms with Crippen molar-refractivity contribution in [1.29, 1.82) is 0 Å². The lowest BCUT2D eigenvalue weighted by Gasteiger charge is -2.47. The SMILES string of the molecule is C[SiH](C)OC[C@@]1(C(C)(C)C)CC(=O)CN1C(=O)OCc1ccccc1. The highest BCUT2D eigenvalue weighted by Gasteiger charge is 2.55. The van der Waals surface area contributed by atoms with Crippen LogP contribution in [0.25, 0.3) is 0 Å². The van der Waals surface area contributed by atoms with E-state index in [9.17, 15) is 9.59 Å². The third-order valence-electron chi connectivity index (χ3n) is 4.82. The summed E-state index contributed by atoms with van der Waals surface area (Å²) >= 11 is 0. The van der Waals surface area contributed by atoms with E-state index in [1.165, 1.54) is 0 Å². The van der Waals surface area contributed by atoms with Gasteiger partial charge in [-0.25, -0.2) is 4.79 Å². The van der Waals surface area contributed by atoms with Crippen molar-refractivity contribution >= 4 is 20.9 Å². The van der Waals surface area contributed by atoms with Crippen LogP contribution < -0.4 is 0 Å². The molecular formula is C19H29NO4Si. The Morgan fingerprint density at radius 3 is 2.44 bits per heavy atom. The van der Waals surface area contributed by atoms with Crippen LogP contribution in [0.15, 0.2) is 30.3 Å². The molecule has 1 fully saturated rings. The van der Waals surface area contributed by atoms with E-state index in [1.54, 1.807) is 4.90 Å². The van der Waals surface area contributed by atoms with E-state index >= 15 is 0 Å². The number of nitrogens with zero attached hydrogens (tertiary/aromatic N) is 1. The van der Waals surface area contributed by atoms with Crippen LogP contribution in [-0.4, -0.2) is 44.5 Å². The Balaban J connectivity index is 2.19. The van der Waals surface area contributed by atoms with Crippen molar-refractivity contribution in [3.63, 3.8) is 0 Å². The number of benzene rings is 1. The fourth-order valence-electron chi connectivity index (χ4n) is 3.16. The first-order valence-corrected chi connectivity index (χ1v) is 11.6. The molecule has 0 unspecified atom stereocenters. The molecule has 1 aliphatic heterocycles. The Morgan fingerprint density at radius 1 is 1.24 bits per heavy atom. The van der Waals surface area contributed by atoms with Crippen molar-refractivity contribution in [2.75, 3.05) is 13.2 Å². The maximum Gasteiger partial charge on any atom is 0.411 e. The average molecular weight is 364 g/mol. The Morgan fingerprint density at radius 2 is 1.88 bits per heavy atom. The lowest BCUT2D eigenvalue weighted by atomic mass is 9.72. The largest absolute Gasteiger partial charge is 0.445 e. The number of likely N-dealkylation sites (tertiary alicyclic amines) is 1. The first-order chi connectivity index (χ1) is 11.7. The molecule has 138 valence electrons. The van der Waals surface area contributed by atoms with Gasteiger partial charge in [0.2, 0.25) is 0 Å². The lowest BCUT2D eigenvalue weighted by molar-refractivity contribution is -0.117. The summed E-state index contributed by atoms with van der Waals surface area (Å²) in [6.45, 7) is 11.0. The van der Waals surface area contributed by atoms with Crippen LogP contribution >= 0.6 is 0 Å². The minimum atomic E-state index is -1.28. The molecule has 0 spiro atoms. The second kappa shape index (κ2) is 7.70. The standard InChI is InChI=1S/C19H29NO4Si/c1-18(2,3)19(14-24-25(4)5)11-16(21)12-20(19)17(22)23-13-15-9-7-6-8-10-15/h6-10,25H,11-14H2,1-5H3/t19-/m1/s1. The zero-order valence-corrected chi connectivity index (χ0v) is 17.0. The minimum absolute atomic E-state index is 0.0561. The number of carbonyl (C=O) groups is 2. The van der Waals surface area contributed by atoms with E-state index in [-0.39, 0.29) is 24.3 Å². The fourth-order valence-corrected chi connectivity index (χ4v) is 3.77. The summed E-state index contributed by atoms with van der Waals surface area (Å²) in [5.74, 6) is 0.0561. The Bertz CT molecular complexity index is 612. The molecule has 5 nitrogen and oxygen atoms in total. The van der Waals surface area contributed by atoms with Gasteiger partial charge in [0.25, 0.3) is 0 Å². The van der Waals surface area contributed by atoms with Crippen molar-refractivity contribution in [2.45, 2.75) is 52.4 Å². The van der Waals surface area contributed by atoms with Crippen molar-refractivity contribution in [2.24, 2.45) is 5.41 Å². The number of hydrogen-bond acceptors (Lipinski definition) is 4. The summed E-state index contributed by atoms with van der Waals surface area (Å²) in [6.07, 6.45) is -0.128. The van der Waals surface area contributed by atoms with Crippen LogP contribution in [0, 0.1) is 5.41 Å². The van der Waals surface area contributed by atoms with Crippen LogP contribution in [0.5, 0.6) is 0 Å². The third kappa shape index (κ3) is 4.49. The number of Topliss-reactive ketones (excluding diaryl/α,β-unsaturated/α-hetero) is 1. The molecule has 0 aromatic heterocycles. The maximum absolute atomic E-state index is 12.8. The smallest absolute Gasteiger partial charge is 0.411 e. The van der Waals surface area contributed by atoms with E-state index in [0.717, 1.165) is 5.56 Å². The number of ether oxygens (including phenoxy) is 1. The summed E-state index contributed by atoms with van der Waals surface area (Å²) in [4.78, 5) is 26.6. The van der Waals surface area contributed by atoms with Gasteiger partial charge in [-0.15, -0.1) is 0 Å². The highest BCUT2D eigenvalue weighted by Crippen LogP contribution is 2.43. The van der Waals surface area contributed by atoms with Crippen LogP contribution in [-0.2, 0) is 20.6 Å². The first-order valence-electron chi connectivity index (χ1n) is 8.77. The number of carbonyl (C=O) groups excluding carboxylic acids is 2. The van der Waals surface area contributed by atoms with Crippen LogP contribution in [0.3, 0.4) is 0 Å². The lowest BCUT2D eigenvalue weighted by Crippen LogP contribution is -2.59. The van der Waals surface area contributed by atoms with Gasteiger partial charge in [0.15, 0.2) is 14.8 Å². The monoisotopic (exact) mass is 363 g/mol. The van der Waals surface area contributed by atoms with Crippen LogP contribution in [0.2, 0.25) is 13.1 Å². The van der Waals surface area contributed by atoms with Gasteiger partial charge in [-0.05, 0) is 24.1 Å². The normalized spacial score (nSPS) is 21.0.